The predicted molar refractivity (Wildman–Crippen MR) is 63.4 cm³/mol. The van der Waals surface area contributed by atoms with Crippen molar-refractivity contribution in [1.29, 1.82) is 0 Å². The minimum atomic E-state index is -0.0631. The summed E-state index contributed by atoms with van der Waals surface area (Å²) in [4.78, 5) is 11.3. The first-order chi connectivity index (χ1) is 7.81. The fraction of sp³-hybridized carbons (Fsp3) is 0.500. The van der Waals surface area contributed by atoms with Gasteiger partial charge in [-0.2, -0.15) is 0 Å². The molecule has 86 valence electrons. The van der Waals surface area contributed by atoms with Crippen molar-refractivity contribution >= 4 is 5.97 Å². The van der Waals surface area contributed by atoms with E-state index in [0.717, 1.165) is 12.8 Å². The molecule has 1 atom stereocenters. The molecule has 0 aliphatic heterocycles. The molecule has 0 aromatic heterocycles. The lowest BCUT2D eigenvalue weighted by Gasteiger charge is -2.10. The van der Waals surface area contributed by atoms with Gasteiger partial charge in [0.05, 0.1) is 6.61 Å². The molecule has 0 bridgehead atoms. The second-order valence-corrected chi connectivity index (χ2v) is 4.28. The highest BCUT2D eigenvalue weighted by atomic mass is 16.5. The molecule has 2 rings (SSSR count). The zero-order valence-electron chi connectivity index (χ0n) is 9.74. The second-order valence-electron chi connectivity index (χ2n) is 4.28. The van der Waals surface area contributed by atoms with Gasteiger partial charge in [-0.1, -0.05) is 24.3 Å². The molecule has 0 fully saturated rings. The third-order valence-corrected chi connectivity index (χ3v) is 3.26. The highest BCUT2D eigenvalue weighted by molar-refractivity contribution is 5.69. The topological polar surface area (TPSA) is 26.3 Å². The molecule has 1 aromatic carbocycles. The lowest BCUT2D eigenvalue weighted by atomic mass is 9.96. The number of rotatable bonds is 4. The molecule has 1 aliphatic carbocycles. The van der Waals surface area contributed by atoms with Crippen LogP contribution >= 0.6 is 0 Å². The zero-order chi connectivity index (χ0) is 11.4. The van der Waals surface area contributed by atoms with Crippen LogP contribution in [0.3, 0.4) is 0 Å². The maximum atomic E-state index is 11.3. The molecule has 0 heterocycles. The van der Waals surface area contributed by atoms with Gasteiger partial charge in [-0.15, -0.1) is 0 Å². The second kappa shape index (κ2) is 5.15. The Balaban J connectivity index is 1.91. The fourth-order valence-corrected chi connectivity index (χ4v) is 2.47. The quantitative estimate of drug-likeness (QED) is 0.726. The zero-order valence-corrected chi connectivity index (χ0v) is 9.74. The Morgan fingerprint density at radius 1 is 1.44 bits per heavy atom. The molecular weight excluding hydrogens is 200 g/mol. The Bertz CT molecular complexity index is 371. The molecule has 2 heteroatoms. The number of hydrogen-bond donors (Lipinski definition) is 0. The lowest BCUT2D eigenvalue weighted by molar-refractivity contribution is -0.143. The number of carbonyl (C=O) groups excluding carboxylic acids is 1. The van der Waals surface area contributed by atoms with E-state index in [1.54, 1.807) is 0 Å². The smallest absolute Gasteiger partial charge is 0.305 e. The summed E-state index contributed by atoms with van der Waals surface area (Å²) in [6.45, 7) is 2.34. The van der Waals surface area contributed by atoms with Gasteiger partial charge < -0.3 is 4.74 Å². The summed E-state index contributed by atoms with van der Waals surface area (Å²) in [5.74, 6) is 0.493. The van der Waals surface area contributed by atoms with Crippen LogP contribution < -0.4 is 0 Å². The molecular formula is C14H18O2. The van der Waals surface area contributed by atoms with Crippen LogP contribution in [0.25, 0.3) is 0 Å². The van der Waals surface area contributed by atoms with Crippen molar-refractivity contribution in [1.82, 2.24) is 0 Å². The van der Waals surface area contributed by atoms with Gasteiger partial charge in [0.15, 0.2) is 0 Å². The first kappa shape index (κ1) is 11.2. The first-order valence-electron chi connectivity index (χ1n) is 6.04. The van der Waals surface area contributed by atoms with Gasteiger partial charge in [-0.05, 0) is 43.2 Å². The fourth-order valence-electron chi connectivity index (χ4n) is 2.47. The molecule has 2 nitrogen and oxygen atoms in total. The van der Waals surface area contributed by atoms with Gasteiger partial charge in [0, 0.05) is 6.42 Å². The van der Waals surface area contributed by atoms with Crippen molar-refractivity contribution in [2.45, 2.75) is 38.5 Å². The molecule has 0 saturated heterocycles. The maximum absolute atomic E-state index is 11.3. The van der Waals surface area contributed by atoms with E-state index in [2.05, 4.69) is 24.3 Å². The summed E-state index contributed by atoms with van der Waals surface area (Å²) in [5, 5.41) is 0. The van der Waals surface area contributed by atoms with E-state index >= 15 is 0 Å². The van der Waals surface area contributed by atoms with Crippen LogP contribution in [-0.2, 0) is 16.0 Å². The summed E-state index contributed by atoms with van der Waals surface area (Å²) in [5.41, 5.74) is 2.89. The number of benzene rings is 1. The molecule has 0 spiro atoms. The van der Waals surface area contributed by atoms with E-state index in [0.29, 0.717) is 18.9 Å². The Labute approximate surface area is 96.6 Å². The lowest BCUT2D eigenvalue weighted by Crippen LogP contribution is -2.05. The van der Waals surface area contributed by atoms with Crippen molar-refractivity contribution < 1.29 is 9.53 Å². The SMILES string of the molecule is CCOC(=O)CCC1CCc2ccccc21. The predicted octanol–water partition coefficient (Wildman–Crippen LogP) is 3.06. The van der Waals surface area contributed by atoms with Gasteiger partial charge in [-0.3, -0.25) is 4.79 Å². The Hall–Kier alpha value is -1.31. The van der Waals surface area contributed by atoms with Crippen LogP contribution in [0, 0.1) is 0 Å². The van der Waals surface area contributed by atoms with Crippen LogP contribution in [0.1, 0.15) is 43.2 Å². The maximum Gasteiger partial charge on any atom is 0.305 e. The molecule has 1 aromatic rings. The minimum Gasteiger partial charge on any atom is -0.466 e. The van der Waals surface area contributed by atoms with E-state index in [4.69, 9.17) is 4.74 Å². The monoisotopic (exact) mass is 218 g/mol. The third kappa shape index (κ3) is 2.43. The highest BCUT2D eigenvalue weighted by Gasteiger charge is 2.22. The summed E-state index contributed by atoms with van der Waals surface area (Å²) in [6, 6.07) is 8.56. The summed E-state index contributed by atoms with van der Waals surface area (Å²) in [7, 11) is 0. The van der Waals surface area contributed by atoms with Gasteiger partial charge in [0.25, 0.3) is 0 Å². The van der Waals surface area contributed by atoms with Crippen LogP contribution in [-0.4, -0.2) is 12.6 Å². The first-order valence-corrected chi connectivity index (χ1v) is 6.04. The van der Waals surface area contributed by atoms with E-state index in [-0.39, 0.29) is 5.97 Å². The van der Waals surface area contributed by atoms with Crippen molar-refractivity contribution in [3.8, 4) is 0 Å². The number of ether oxygens (including phenoxy) is 1. The van der Waals surface area contributed by atoms with Crippen molar-refractivity contribution in [3.63, 3.8) is 0 Å². The van der Waals surface area contributed by atoms with Crippen molar-refractivity contribution in [2.75, 3.05) is 6.61 Å². The normalized spacial score (nSPS) is 18.2. The summed E-state index contributed by atoms with van der Waals surface area (Å²) in [6.07, 6.45) is 3.81. The van der Waals surface area contributed by atoms with Crippen LogP contribution in [0.4, 0.5) is 0 Å². The summed E-state index contributed by atoms with van der Waals surface area (Å²) < 4.78 is 4.95. The van der Waals surface area contributed by atoms with Gasteiger partial charge in [0.2, 0.25) is 0 Å². The highest BCUT2D eigenvalue weighted by Crippen LogP contribution is 2.35. The van der Waals surface area contributed by atoms with E-state index in [1.807, 2.05) is 6.92 Å². The van der Waals surface area contributed by atoms with Crippen molar-refractivity contribution in [2.24, 2.45) is 0 Å². The average Bonchev–Trinajstić information content (AvgIpc) is 2.70. The Morgan fingerprint density at radius 3 is 3.06 bits per heavy atom. The standard InChI is InChI=1S/C14H18O2/c1-2-16-14(15)10-9-12-8-7-11-5-3-4-6-13(11)12/h3-6,12H,2,7-10H2,1H3. The molecule has 1 unspecified atom stereocenters. The molecule has 0 N–H and O–H groups in total. The largest absolute Gasteiger partial charge is 0.466 e. The Kier molecular flexibility index (Phi) is 3.60. The minimum absolute atomic E-state index is 0.0631. The molecule has 0 radical (unpaired) electrons. The Morgan fingerprint density at radius 2 is 2.25 bits per heavy atom. The van der Waals surface area contributed by atoms with Gasteiger partial charge >= 0.3 is 5.97 Å². The van der Waals surface area contributed by atoms with Crippen LogP contribution in [0.15, 0.2) is 24.3 Å². The molecule has 0 amide bonds. The average molecular weight is 218 g/mol. The number of aryl methyl sites for hydroxylation is 1. The number of esters is 1. The number of hydrogen-bond acceptors (Lipinski definition) is 2. The van der Waals surface area contributed by atoms with Gasteiger partial charge in [-0.25, -0.2) is 0 Å². The summed E-state index contributed by atoms with van der Waals surface area (Å²) >= 11 is 0. The van der Waals surface area contributed by atoms with E-state index < -0.39 is 0 Å². The van der Waals surface area contributed by atoms with Crippen LogP contribution in [0.5, 0.6) is 0 Å². The van der Waals surface area contributed by atoms with Gasteiger partial charge in [0.1, 0.15) is 0 Å². The molecule has 16 heavy (non-hydrogen) atoms. The van der Waals surface area contributed by atoms with Crippen molar-refractivity contribution in [3.05, 3.63) is 35.4 Å². The number of carbonyl (C=O) groups is 1. The van der Waals surface area contributed by atoms with Crippen LogP contribution in [0.2, 0.25) is 0 Å². The molecule has 0 saturated carbocycles. The van der Waals surface area contributed by atoms with E-state index in [9.17, 15) is 4.79 Å². The number of fused-ring (bicyclic) bond motifs is 1. The third-order valence-electron chi connectivity index (χ3n) is 3.26. The molecule has 1 aliphatic rings. The van der Waals surface area contributed by atoms with E-state index in [1.165, 1.54) is 17.5 Å².